The first-order valence-electron chi connectivity index (χ1n) is 7.12. The van der Waals surface area contributed by atoms with Gasteiger partial charge in [-0.25, -0.2) is 0 Å². The fourth-order valence-electron chi connectivity index (χ4n) is 3.00. The van der Waals surface area contributed by atoms with E-state index >= 15 is 0 Å². The average Bonchev–Trinajstić information content (AvgIpc) is 2.79. The van der Waals surface area contributed by atoms with Gasteiger partial charge in [-0.3, -0.25) is 10.1 Å². The molecule has 0 aromatic rings. The molecular weight excluding hydrogens is 244 g/mol. The molecule has 0 spiro atoms. The van der Waals surface area contributed by atoms with Gasteiger partial charge in [0.25, 0.3) is 0 Å². The maximum atomic E-state index is 12.3. The molecule has 1 N–H and O–H groups in total. The fourth-order valence-corrected chi connectivity index (χ4v) is 4.30. The van der Waals surface area contributed by atoms with E-state index < -0.39 is 0 Å². The topological polar surface area (TPSA) is 32.3 Å². The molecular formula is C14H26N2OS. The number of nitrogens with one attached hydrogen (secondary N) is 1. The Bertz CT molecular complexity index is 313. The predicted molar refractivity (Wildman–Crippen MR) is 77.7 cm³/mol. The summed E-state index contributed by atoms with van der Waals surface area (Å²) in [5.74, 6) is 2.15. The number of nitrogens with zero attached hydrogens (tertiary/aromatic N) is 1. The number of hydrogen-bond acceptors (Lipinski definition) is 3. The molecule has 2 heterocycles. The largest absolute Gasteiger partial charge is 0.324 e. The van der Waals surface area contributed by atoms with Crippen molar-refractivity contribution in [3.8, 4) is 0 Å². The van der Waals surface area contributed by atoms with Gasteiger partial charge < -0.3 is 4.90 Å². The van der Waals surface area contributed by atoms with E-state index in [4.69, 9.17) is 0 Å². The molecule has 2 saturated heterocycles. The van der Waals surface area contributed by atoms with Crippen LogP contribution in [0.4, 0.5) is 0 Å². The summed E-state index contributed by atoms with van der Waals surface area (Å²) in [6.07, 6.45) is 3.83. The Kier molecular flexibility index (Phi) is 4.27. The third kappa shape index (κ3) is 3.02. The highest BCUT2D eigenvalue weighted by molar-refractivity contribution is 8.00. The summed E-state index contributed by atoms with van der Waals surface area (Å²) in [6, 6.07) is -0.0104. The molecule has 3 unspecified atom stereocenters. The normalized spacial score (nSPS) is 36.9. The maximum absolute atomic E-state index is 12.3. The van der Waals surface area contributed by atoms with Crippen molar-refractivity contribution in [2.75, 3.05) is 12.3 Å². The van der Waals surface area contributed by atoms with Crippen LogP contribution in [0.5, 0.6) is 0 Å². The first-order chi connectivity index (χ1) is 8.41. The summed E-state index contributed by atoms with van der Waals surface area (Å²) in [5.41, 5.74) is 0. The molecule has 0 aromatic heterocycles. The molecule has 2 aliphatic rings. The lowest BCUT2D eigenvalue weighted by Gasteiger charge is -2.33. The first-order valence-corrected chi connectivity index (χ1v) is 8.10. The van der Waals surface area contributed by atoms with Crippen LogP contribution < -0.4 is 5.32 Å². The molecule has 0 aliphatic carbocycles. The van der Waals surface area contributed by atoms with E-state index in [2.05, 4.69) is 31.0 Å². The second kappa shape index (κ2) is 5.41. The summed E-state index contributed by atoms with van der Waals surface area (Å²) in [5, 5.41) is 3.44. The number of carbonyl (C=O) groups excluding carboxylic acids is 1. The second-order valence-corrected chi connectivity index (χ2v) is 8.08. The van der Waals surface area contributed by atoms with Crippen molar-refractivity contribution in [2.24, 2.45) is 5.92 Å². The lowest BCUT2D eigenvalue weighted by atomic mass is 10.0. The Morgan fingerprint density at radius 2 is 2.28 bits per heavy atom. The summed E-state index contributed by atoms with van der Waals surface area (Å²) in [6.45, 7) is 9.65. The zero-order valence-electron chi connectivity index (χ0n) is 12.0. The highest BCUT2D eigenvalue weighted by Crippen LogP contribution is 2.39. The number of hydrogen-bond donors (Lipinski definition) is 1. The van der Waals surface area contributed by atoms with Gasteiger partial charge in [0, 0.05) is 11.3 Å². The highest BCUT2D eigenvalue weighted by atomic mass is 32.2. The van der Waals surface area contributed by atoms with E-state index in [1.54, 1.807) is 0 Å². The Morgan fingerprint density at radius 1 is 1.56 bits per heavy atom. The second-order valence-electron chi connectivity index (χ2n) is 6.40. The number of thioether (sulfide) groups is 1. The molecule has 0 aromatic carbocycles. The van der Waals surface area contributed by atoms with E-state index in [1.807, 2.05) is 18.7 Å². The van der Waals surface area contributed by atoms with Crippen LogP contribution in [0.1, 0.15) is 47.0 Å². The van der Waals surface area contributed by atoms with Crippen LogP contribution in [0, 0.1) is 5.92 Å². The van der Waals surface area contributed by atoms with Gasteiger partial charge in [0.15, 0.2) is 0 Å². The van der Waals surface area contributed by atoms with Crippen LogP contribution in [0.2, 0.25) is 0 Å². The highest BCUT2D eigenvalue weighted by Gasteiger charge is 2.41. The minimum atomic E-state index is -0.0104. The van der Waals surface area contributed by atoms with Gasteiger partial charge in [-0.1, -0.05) is 13.8 Å². The molecule has 18 heavy (non-hydrogen) atoms. The summed E-state index contributed by atoms with van der Waals surface area (Å²) in [4.78, 5) is 14.4. The van der Waals surface area contributed by atoms with Gasteiger partial charge in [0.1, 0.15) is 0 Å². The Hall–Kier alpha value is -0.220. The minimum Gasteiger partial charge on any atom is -0.324 e. The van der Waals surface area contributed by atoms with E-state index in [9.17, 15) is 4.79 Å². The van der Waals surface area contributed by atoms with Crippen molar-refractivity contribution in [1.82, 2.24) is 10.2 Å². The first kappa shape index (κ1) is 14.2. The third-order valence-electron chi connectivity index (χ3n) is 3.97. The van der Waals surface area contributed by atoms with Gasteiger partial charge in [-0.15, -0.1) is 0 Å². The minimum absolute atomic E-state index is 0.0104. The van der Waals surface area contributed by atoms with Crippen molar-refractivity contribution in [1.29, 1.82) is 0 Å². The van der Waals surface area contributed by atoms with Crippen LogP contribution in [0.15, 0.2) is 0 Å². The average molecular weight is 270 g/mol. The lowest BCUT2D eigenvalue weighted by Crippen LogP contribution is -2.45. The van der Waals surface area contributed by atoms with E-state index in [-0.39, 0.29) is 22.9 Å². The molecule has 3 atom stereocenters. The van der Waals surface area contributed by atoms with Crippen LogP contribution in [0.3, 0.4) is 0 Å². The zero-order chi connectivity index (χ0) is 13.3. The lowest BCUT2D eigenvalue weighted by molar-refractivity contribution is -0.130. The SMILES string of the molecule is CC(C)CC1NC(C)C(=O)N1CC1(C)CCCS1. The molecule has 4 heteroatoms. The van der Waals surface area contributed by atoms with Crippen molar-refractivity contribution in [3.05, 3.63) is 0 Å². The van der Waals surface area contributed by atoms with Crippen molar-refractivity contribution in [2.45, 2.75) is 63.9 Å². The third-order valence-corrected chi connectivity index (χ3v) is 5.50. The zero-order valence-corrected chi connectivity index (χ0v) is 12.8. The van der Waals surface area contributed by atoms with Gasteiger partial charge in [-0.05, 0) is 44.8 Å². The summed E-state index contributed by atoms with van der Waals surface area (Å²) < 4.78 is 0.274. The quantitative estimate of drug-likeness (QED) is 0.852. The van der Waals surface area contributed by atoms with Crippen LogP contribution in [-0.2, 0) is 4.79 Å². The van der Waals surface area contributed by atoms with E-state index in [1.165, 1.54) is 18.6 Å². The van der Waals surface area contributed by atoms with Gasteiger partial charge in [0.05, 0.1) is 12.2 Å². The van der Waals surface area contributed by atoms with Gasteiger partial charge >= 0.3 is 0 Å². The van der Waals surface area contributed by atoms with Gasteiger partial charge in [0.2, 0.25) is 5.91 Å². The molecule has 104 valence electrons. The van der Waals surface area contributed by atoms with Crippen LogP contribution in [-0.4, -0.2) is 40.1 Å². The van der Waals surface area contributed by atoms with E-state index in [0.29, 0.717) is 5.92 Å². The molecule has 1 amide bonds. The smallest absolute Gasteiger partial charge is 0.240 e. The fraction of sp³-hybridized carbons (Fsp3) is 0.929. The number of amides is 1. The predicted octanol–water partition coefficient (Wildman–Crippen LogP) is 2.46. The Labute approximate surface area is 115 Å². The monoisotopic (exact) mass is 270 g/mol. The molecule has 2 fully saturated rings. The maximum Gasteiger partial charge on any atom is 0.240 e. The molecule has 2 aliphatic heterocycles. The van der Waals surface area contributed by atoms with Crippen molar-refractivity contribution < 1.29 is 4.79 Å². The molecule has 0 saturated carbocycles. The standard InChI is InChI=1S/C14H26N2OS/c1-10(2)8-12-15-11(3)13(17)16(12)9-14(4)6-5-7-18-14/h10-12,15H,5-9H2,1-4H3. The van der Waals surface area contributed by atoms with Crippen molar-refractivity contribution >= 4 is 17.7 Å². The molecule has 3 nitrogen and oxygen atoms in total. The molecule has 2 rings (SSSR count). The molecule has 0 radical (unpaired) electrons. The Balaban J connectivity index is 2.04. The van der Waals surface area contributed by atoms with E-state index in [0.717, 1.165) is 13.0 Å². The Morgan fingerprint density at radius 3 is 2.83 bits per heavy atom. The summed E-state index contributed by atoms with van der Waals surface area (Å²) >= 11 is 2.03. The number of carbonyl (C=O) groups is 1. The van der Waals surface area contributed by atoms with Gasteiger partial charge in [-0.2, -0.15) is 11.8 Å². The van der Waals surface area contributed by atoms with Crippen LogP contribution in [0.25, 0.3) is 0 Å². The van der Waals surface area contributed by atoms with Crippen molar-refractivity contribution in [3.63, 3.8) is 0 Å². The molecule has 0 bridgehead atoms. The summed E-state index contributed by atoms with van der Waals surface area (Å²) in [7, 11) is 0. The number of rotatable bonds is 4. The van der Waals surface area contributed by atoms with Crippen LogP contribution >= 0.6 is 11.8 Å².